The second kappa shape index (κ2) is 7.89. The Morgan fingerprint density at radius 3 is 2.53 bits per heavy atom. The number of benzene rings is 1. The van der Waals surface area contributed by atoms with Gasteiger partial charge in [0.05, 0.1) is 6.26 Å². The van der Waals surface area contributed by atoms with E-state index in [1.165, 1.54) is 10.8 Å². The Labute approximate surface area is 168 Å². The molecule has 9 nitrogen and oxygen atoms in total. The quantitative estimate of drug-likeness (QED) is 0.419. The summed E-state index contributed by atoms with van der Waals surface area (Å²) in [6.45, 7) is -0.580. The van der Waals surface area contributed by atoms with E-state index in [-0.39, 0.29) is 11.7 Å². The second-order valence-corrected chi connectivity index (χ2v) is 6.37. The van der Waals surface area contributed by atoms with Crippen molar-refractivity contribution >= 4 is 23.4 Å². The molecule has 0 saturated heterocycles. The predicted octanol–water partition coefficient (Wildman–Crippen LogP) is 2.99. The van der Waals surface area contributed by atoms with Crippen LogP contribution < -0.4 is 16.4 Å². The van der Waals surface area contributed by atoms with Gasteiger partial charge in [-0.05, 0) is 36.2 Å². The number of rotatable bonds is 7. The summed E-state index contributed by atoms with van der Waals surface area (Å²) < 4.78 is 43.3. The first-order valence-electron chi connectivity index (χ1n) is 8.95. The number of hydrogen-bond acceptors (Lipinski definition) is 8. The standard InChI is InChI=1S/C18H17F3N8O/c19-18(20,21)10-24-12-5-3-11(4-6-12)7-8-23-16-26-15(22)29-17(27-16)25-14(28-29)13-2-1-9-30-13/h1-6,9,24H,7-8,10H2,(H3,22,23,25,26,27,28). The van der Waals surface area contributed by atoms with Crippen molar-refractivity contribution in [3.05, 3.63) is 48.2 Å². The summed E-state index contributed by atoms with van der Waals surface area (Å²) in [4.78, 5) is 12.7. The van der Waals surface area contributed by atoms with Crippen LogP contribution in [0, 0.1) is 0 Å². The van der Waals surface area contributed by atoms with Crippen molar-refractivity contribution < 1.29 is 17.6 Å². The Balaban J connectivity index is 1.37. The lowest BCUT2D eigenvalue weighted by Gasteiger charge is -2.10. The van der Waals surface area contributed by atoms with Crippen molar-refractivity contribution in [2.75, 3.05) is 29.5 Å². The van der Waals surface area contributed by atoms with E-state index in [2.05, 4.69) is 30.7 Å². The number of nitrogens with one attached hydrogen (secondary N) is 2. The lowest BCUT2D eigenvalue weighted by atomic mass is 10.1. The Morgan fingerprint density at radius 2 is 1.83 bits per heavy atom. The Kier molecular flexibility index (Phi) is 5.12. The molecule has 3 aromatic heterocycles. The van der Waals surface area contributed by atoms with Crippen LogP contribution in [0.2, 0.25) is 0 Å². The maximum atomic E-state index is 12.2. The Bertz CT molecular complexity index is 1120. The van der Waals surface area contributed by atoms with Gasteiger partial charge in [-0.15, -0.1) is 5.10 Å². The molecule has 4 N–H and O–H groups in total. The maximum absolute atomic E-state index is 12.2. The summed E-state index contributed by atoms with van der Waals surface area (Å²) in [5.74, 6) is 1.52. The molecule has 1 aromatic carbocycles. The van der Waals surface area contributed by atoms with Crippen LogP contribution in [-0.2, 0) is 6.42 Å². The predicted molar refractivity (Wildman–Crippen MR) is 104 cm³/mol. The topological polar surface area (TPSA) is 119 Å². The SMILES string of the molecule is Nc1nc(NCCc2ccc(NCC(F)(F)F)cc2)nc2nc(-c3ccco3)nn12. The van der Waals surface area contributed by atoms with Gasteiger partial charge in [-0.1, -0.05) is 12.1 Å². The summed E-state index contributed by atoms with van der Waals surface area (Å²) >= 11 is 0. The van der Waals surface area contributed by atoms with Crippen molar-refractivity contribution in [1.82, 2.24) is 24.6 Å². The van der Waals surface area contributed by atoms with E-state index in [1.54, 1.807) is 36.4 Å². The lowest BCUT2D eigenvalue weighted by molar-refractivity contribution is -0.115. The molecule has 0 atom stereocenters. The van der Waals surface area contributed by atoms with Gasteiger partial charge in [-0.2, -0.15) is 32.6 Å². The third kappa shape index (κ3) is 4.59. The number of furan rings is 1. The Hall–Kier alpha value is -3.83. The number of nitrogens with two attached hydrogens (primary N) is 1. The average molecular weight is 418 g/mol. The molecule has 0 aliphatic rings. The highest BCUT2D eigenvalue weighted by Crippen LogP contribution is 2.18. The minimum absolute atomic E-state index is 0.118. The van der Waals surface area contributed by atoms with E-state index in [1.807, 2.05) is 0 Å². The fourth-order valence-electron chi connectivity index (χ4n) is 2.70. The van der Waals surface area contributed by atoms with Crippen molar-refractivity contribution in [2.45, 2.75) is 12.6 Å². The van der Waals surface area contributed by atoms with Gasteiger partial charge in [0, 0.05) is 12.2 Å². The van der Waals surface area contributed by atoms with E-state index < -0.39 is 12.7 Å². The first-order valence-corrected chi connectivity index (χ1v) is 8.95. The third-order valence-electron chi connectivity index (χ3n) is 4.12. The molecule has 0 radical (unpaired) electrons. The summed E-state index contributed by atoms with van der Waals surface area (Å²) in [7, 11) is 0. The van der Waals surface area contributed by atoms with Crippen molar-refractivity contribution in [3.8, 4) is 11.6 Å². The van der Waals surface area contributed by atoms with E-state index in [9.17, 15) is 13.2 Å². The van der Waals surface area contributed by atoms with Gasteiger partial charge >= 0.3 is 6.18 Å². The van der Waals surface area contributed by atoms with Crippen molar-refractivity contribution in [1.29, 1.82) is 0 Å². The molecule has 156 valence electrons. The Morgan fingerprint density at radius 1 is 1.03 bits per heavy atom. The van der Waals surface area contributed by atoms with Crippen LogP contribution in [0.1, 0.15) is 5.56 Å². The van der Waals surface area contributed by atoms with Crippen molar-refractivity contribution in [3.63, 3.8) is 0 Å². The monoisotopic (exact) mass is 418 g/mol. The number of fused-ring (bicyclic) bond motifs is 1. The molecule has 0 unspecified atom stereocenters. The van der Waals surface area contributed by atoms with E-state index >= 15 is 0 Å². The van der Waals surface area contributed by atoms with Gasteiger partial charge in [-0.25, -0.2) is 0 Å². The summed E-state index contributed by atoms with van der Waals surface area (Å²) in [6, 6.07) is 10.2. The van der Waals surface area contributed by atoms with Crippen molar-refractivity contribution in [2.24, 2.45) is 0 Å². The highest BCUT2D eigenvalue weighted by Gasteiger charge is 2.26. The van der Waals surface area contributed by atoms with E-state index in [0.717, 1.165) is 5.56 Å². The maximum Gasteiger partial charge on any atom is 0.405 e. The molecule has 0 spiro atoms. The molecule has 30 heavy (non-hydrogen) atoms. The summed E-state index contributed by atoms with van der Waals surface area (Å²) in [5.41, 5.74) is 7.28. The molecule has 0 saturated carbocycles. The largest absolute Gasteiger partial charge is 0.461 e. The van der Waals surface area contributed by atoms with Gasteiger partial charge in [0.2, 0.25) is 17.7 Å². The zero-order chi connectivity index (χ0) is 21.1. The minimum Gasteiger partial charge on any atom is -0.461 e. The fraction of sp³-hybridized carbons (Fsp3) is 0.222. The number of hydrogen-bond donors (Lipinski definition) is 3. The van der Waals surface area contributed by atoms with Gasteiger partial charge in [0.1, 0.15) is 6.54 Å². The van der Waals surface area contributed by atoms with Crippen LogP contribution in [0.25, 0.3) is 17.4 Å². The van der Waals surface area contributed by atoms with Gasteiger partial charge in [0.15, 0.2) is 5.76 Å². The van der Waals surface area contributed by atoms with Crippen LogP contribution in [-0.4, -0.2) is 43.8 Å². The smallest absolute Gasteiger partial charge is 0.405 e. The third-order valence-corrected chi connectivity index (χ3v) is 4.12. The first-order chi connectivity index (χ1) is 14.4. The van der Waals surface area contributed by atoms with Gasteiger partial charge in [-0.3, -0.25) is 0 Å². The molecule has 0 bridgehead atoms. The number of anilines is 3. The van der Waals surface area contributed by atoms with E-state index in [4.69, 9.17) is 10.2 Å². The van der Waals surface area contributed by atoms with Crippen LogP contribution in [0.4, 0.5) is 30.8 Å². The molecule has 12 heteroatoms. The van der Waals surface area contributed by atoms with Crippen LogP contribution >= 0.6 is 0 Å². The number of halogens is 3. The summed E-state index contributed by atoms with van der Waals surface area (Å²) in [6.07, 6.45) is -2.13. The second-order valence-electron chi connectivity index (χ2n) is 6.37. The van der Waals surface area contributed by atoms with Crippen LogP contribution in [0.3, 0.4) is 0 Å². The molecule has 0 amide bonds. The molecule has 4 aromatic rings. The van der Waals surface area contributed by atoms with Gasteiger partial charge < -0.3 is 20.8 Å². The van der Waals surface area contributed by atoms with E-state index in [0.29, 0.717) is 36.2 Å². The highest BCUT2D eigenvalue weighted by molar-refractivity contribution is 5.52. The lowest BCUT2D eigenvalue weighted by Crippen LogP contribution is -2.21. The molecular weight excluding hydrogens is 401 g/mol. The molecule has 0 fully saturated rings. The number of nitrogens with zero attached hydrogens (tertiary/aromatic N) is 5. The molecule has 3 heterocycles. The molecule has 0 aliphatic heterocycles. The summed E-state index contributed by atoms with van der Waals surface area (Å²) in [5, 5.41) is 9.61. The number of alkyl halides is 3. The number of nitrogen functional groups attached to an aromatic ring is 1. The number of aromatic nitrogens is 5. The zero-order valence-corrected chi connectivity index (χ0v) is 15.5. The minimum atomic E-state index is -4.26. The fourth-order valence-corrected chi connectivity index (χ4v) is 2.70. The normalized spacial score (nSPS) is 11.7. The first kappa shape index (κ1) is 19.5. The molecule has 4 rings (SSSR count). The molecular formula is C18H17F3N8O. The van der Waals surface area contributed by atoms with Crippen LogP contribution in [0.5, 0.6) is 0 Å². The molecule has 0 aliphatic carbocycles. The zero-order valence-electron chi connectivity index (χ0n) is 15.5. The average Bonchev–Trinajstić information content (AvgIpc) is 3.36. The van der Waals surface area contributed by atoms with Crippen LogP contribution in [0.15, 0.2) is 47.1 Å². The van der Waals surface area contributed by atoms with Gasteiger partial charge in [0.25, 0.3) is 5.78 Å². The highest BCUT2D eigenvalue weighted by atomic mass is 19.4.